The third kappa shape index (κ3) is 4.50. The smallest absolute Gasteiger partial charge is 0.177 e. The van der Waals surface area contributed by atoms with E-state index in [0.29, 0.717) is 45.9 Å². The van der Waals surface area contributed by atoms with E-state index in [2.05, 4.69) is 11.1 Å². The van der Waals surface area contributed by atoms with Crippen LogP contribution in [-0.4, -0.2) is 31.3 Å². The molecule has 1 aliphatic rings. The van der Waals surface area contributed by atoms with Crippen molar-refractivity contribution >= 4 is 26.4 Å². The van der Waals surface area contributed by atoms with E-state index in [1.165, 1.54) is 18.4 Å². The van der Waals surface area contributed by atoms with E-state index in [-0.39, 0.29) is 18.1 Å². The standard InChI is InChI=1S/C28H24FN3O4S/c1-17(13-30)27-21-9-7-18(11-19(21)15-36-24-12-20(29)8-10-22(24)27)14-32-23-5-4-6-25(37(3,33)34)28(23)31-26(32)16-35-2/h4-12H,14-16H2,1-3H3. The number of aromatic nitrogens is 2. The average molecular weight is 518 g/mol. The lowest BCUT2D eigenvalue weighted by atomic mass is 9.90. The topological polar surface area (TPSA) is 94.2 Å². The third-order valence-corrected chi connectivity index (χ3v) is 7.54. The lowest BCUT2D eigenvalue weighted by molar-refractivity contribution is 0.175. The number of allylic oxidation sites excluding steroid dienone is 1. The van der Waals surface area contributed by atoms with Crippen LogP contribution in [0, 0.1) is 17.1 Å². The predicted molar refractivity (Wildman–Crippen MR) is 137 cm³/mol. The highest BCUT2D eigenvalue weighted by atomic mass is 32.2. The van der Waals surface area contributed by atoms with Crippen LogP contribution in [0.2, 0.25) is 0 Å². The van der Waals surface area contributed by atoms with Gasteiger partial charge in [-0.2, -0.15) is 5.26 Å². The maximum absolute atomic E-state index is 14.0. The molecule has 3 aromatic carbocycles. The van der Waals surface area contributed by atoms with Crippen molar-refractivity contribution in [3.8, 4) is 11.8 Å². The minimum absolute atomic E-state index is 0.170. The lowest BCUT2D eigenvalue weighted by Gasteiger charge is -2.14. The van der Waals surface area contributed by atoms with Gasteiger partial charge in [-0.15, -0.1) is 0 Å². The number of para-hydroxylation sites is 1. The van der Waals surface area contributed by atoms with Crippen LogP contribution in [-0.2, 0) is 34.3 Å². The van der Waals surface area contributed by atoms with Gasteiger partial charge in [0.25, 0.3) is 0 Å². The monoisotopic (exact) mass is 517 g/mol. The van der Waals surface area contributed by atoms with Gasteiger partial charge in [0, 0.05) is 42.7 Å². The molecule has 0 amide bonds. The minimum Gasteiger partial charge on any atom is -0.488 e. The van der Waals surface area contributed by atoms with Crippen LogP contribution >= 0.6 is 0 Å². The van der Waals surface area contributed by atoms with Crippen molar-refractivity contribution in [2.45, 2.75) is 31.6 Å². The summed E-state index contributed by atoms with van der Waals surface area (Å²) in [6, 6.07) is 17.5. The number of ether oxygens (including phenoxy) is 2. The quantitative estimate of drug-likeness (QED) is 0.346. The SMILES string of the molecule is COCc1nc2c(S(C)(=O)=O)cccc2n1Cc1ccc2c(c1)COc1cc(F)ccc1C2=C(C)C#N. The predicted octanol–water partition coefficient (Wildman–Crippen LogP) is 5.01. The Hall–Kier alpha value is -4.00. The van der Waals surface area contributed by atoms with Gasteiger partial charge in [0.05, 0.1) is 16.5 Å². The summed E-state index contributed by atoms with van der Waals surface area (Å²) in [6.45, 7) is 2.56. The second-order valence-corrected chi connectivity index (χ2v) is 11.0. The molecule has 37 heavy (non-hydrogen) atoms. The Balaban J connectivity index is 1.62. The zero-order valence-corrected chi connectivity index (χ0v) is 21.4. The van der Waals surface area contributed by atoms with Crippen LogP contribution in [0.25, 0.3) is 16.6 Å². The number of nitriles is 1. The van der Waals surface area contributed by atoms with Gasteiger partial charge in [-0.05, 0) is 53.9 Å². The molecule has 1 aliphatic heterocycles. The molecule has 0 saturated heterocycles. The summed E-state index contributed by atoms with van der Waals surface area (Å²) < 4.78 is 51.9. The molecule has 0 N–H and O–H groups in total. The van der Waals surface area contributed by atoms with Crippen molar-refractivity contribution in [1.82, 2.24) is 9.55 Å². The fraction of sp³-hybridized carbons (Fsp3) is 0.214. The molecule has 0 unspecified atom stereocenters. The Bertz CT molecular complexity index is 1730. The number of fused-ring (bicyclic) bond motifs is 3. The summed E-state index contributed by atoms with van der Waals surface area (Å²) >= 11 is 0. The molecule has 2 heterocycles. The number of nitrogens with zero attached hydrogens (tertiary/aromatic N) is 3. The van der Waals surface area contributed by atoms with Crippen molar-refractivity contribution in [2.75, 3.05) is 13.4 Å². The van der Waals surface area contributed by atoms with Crippen molar-refractivity contribution in [2.24, 2.45) is 0 Å². The number of methoxy groups -OCH3 is 1. The highest BCUT2D eigenvalue weighted by Crippen LogP contribution is 2.39. The van der Waals surface area contributed by atoms with Crippen LogP contribution in [0.5, 0.6) is 5.75 Å². The number of hydrogen-bond donors (Lipinski definition) is 0. The van der Waals surface area contributed by atoms with Crippen LogP contribution in [0.15, 0.2) is 65.1 Å². The summed E-state index contributed by atoms with van der Waals surface area (Å²) in [6.07, 6.45) is 1.17. The Morgan fingerprint density at radius 2 is 1.97 bits per heavy atom. The van der Waals surface area contributed by atoms with Gasteiger partial charge < -0.3 is 14.0 Å². The van der Waals surface area contributed by atoms with E-state index < -0.39 is 15.7 Å². The van der Waals surface area contributed by atoms with Crippen molar-refractivity contribution in [1.29, 1.82) is 5.26 Å². The van der Waals surface area contributed by atoms with Gasteiger partial charge in [0.1, 0.15) is 36.1 Å². The van der Waals surface area contributed by atoms with Gasteiger partial charge in [0.2, 0.25) is 0 Å². The van der Waals surface area contributed by atoms with Crippen molar-refractivity contribution < 1.29 is 22.3 Å². The molecular formula is C28H24FN3O4S. The first kappa shape index (κ1) is 24.7. The maximum Gasteiger partial charge on any atom is 0.177 e. The van der Waals surface area contributed by atoms with Crippen LogP contribution in [0.1, 0.15) is 35.0 Å². The third-order valence-electron chi connectivity index (χ3n) is 6.41. The second-order valence-electron chi connectivity index (χ2n) is 8.98. The average Bonchev–Trinajstić information content (AvgIpc) is 3.11. The van der Waals surface area contributed by atoms with E-state index in [1.807, 2.05) is 28.8 Å². The van der Waals surface area contributed by atoms with Crippen molar-refractivity contribution in [3.63, 3.8) is 0 Å². The molecule has 0 radical (unpaired) electrons. The zero-order valence-electron chi connectivity index (χ0n) is 20.6. The molecule has 0 fully saturated rings. The number of imidazole rings is 1. The summed E-state index contributed by atoms with van der Waals surface area (Å²) in [7, 11) is -1.91. The fourth-order valence-corrected chi connectivity index (χ4v) is 5.59. The van der Waals surface area contributed by atoms with E-state index in [1.54, 1.807) is 32.2 Å². The summed E-state index contributed by atoms with van der Waals surface area (Å²) in [5, 5.41) is 9.68. The first-order valence-electron chi connectivity index (χ1n) is 11.5. The molecule has 0 aliphatic carbocycles. The maximum atomic E-state index is 14.0. The van der Waals surface area contributed by atoms with Gasteiger partial charge in [-0.25, -0.2) is 17.8 Å². The van der Waals surface area contributed by atoms with Crippen LogP contribution in [0.4, 0.5) is 4.39 Å². The molecule has 9 heteroatoms. The Morgan fingerprint density at radius 3 is 2.70 bits per heavy atom. The highest BCUT2D eigenvalue weighted by molar-refractivity contribution is 7.91. The largest absolute Gasteiger partial charge is 0.488 e. The normalized spacial score (nSPS) is 14.4. The first-order valence-corrected chi connectivity index (χ1v) is 13.4. The van der Waals surface area contributed by atoms with E-state index in [9.17, 15) is 18.1 Å². The number of benzene rings is 3. The Labute approximate surface area is 214 Å². The molecule has 188 valence electrons. The molecule has 0 saturated carbocycles. The Morgan fingerprint density at radius 1 is 1.19 bits per heavy atom. The van der Waals surface area contributed by atoms with Gasteiger partial charge >= 0.3 is 0 Å². The fourth-order valence-electron chi connectivity index (χ4n) is 4.76. The molecule has 7 nitrogen and oxygen atoms in total. The van der Waals surface area contributed by atoms with E-state index in [4.69, 9.17) is 9.47 Å². The van der Waals surface area contributed by atoms with E-state index in [0.717, 1.165) is 16.7 Å². The molecule has 0 bridgehead atoms. The van der Waals surface area contributed by atoms with Gasteiger partial charge in [-0.3, -0.25) is 0 Å². The van der Waals surface area contributed by atoms with Gasteiger partial charge in [0.15, 0.2) is 9.84 Å². The molecule has 0 atom stereocenters. The zero-order chi connectivity index (χ0) is 26.3. The van der Waals surface area contributed by atoms with Crippen molar-refractivity contribution in [3.05, 3.63) is 94.1 Å². The van der Waals surface area contributed by atoms with Crippen LogP contribution < -0.4 is 4.74 Å². The highest BCUT2D eigenvalue weighted by Gasteiger charge is 2.23. The molecular weight excluding hydrogens is 493 g/mol. The molecule has 0 spiro atoms. The summed E-state index contributed by atoms with van der Waals surface area (Å²) in [5.74, 6) is 0.577. The van der Waals surface area contributed by atoms with Crippen LogP contribution in [0.3, 0.4) is 0 Å². The molecule has 1 aromatic heterocycles. The number of halogens is 1. The summed E-state index contributed by atoms with van der Waals surface area (Å²) in [5.41, 5.74) is 5.60. The summed E-state index contributed by atoms with van der Waals surface area (Å²) in [4.78, 5) is 4.77. The number of rotatable bonds is 5. The van der Waals surface area contributed by atoms with E-state index >= 15 is 0 Å². The minimum atomic E-state index is -3.47. The van der Waals surface area contributed by atoms with Gasteiger partial charge in [-0.1, -0.05) is 18.2 Å². The second kappa shape index (κ2) is 9.47. The number of sulfone groups is 1. The Kier molecular flexibility index (Phi) is 6.31. The molecule has 4 aromatic rings. The number of hydrogen-bond acceptors (Lipinski definition) is 6. The first-order chi connectivity index (χ1) is 17.7. The lowest BCUT2D eigenvalue weighted by Crippen LogP contribution is -2.07. The molecule has 5 rings (SSSR count).